The zero-order valence-electron chi connectivity index (χ0n) is 18.7. The van der Waals surface area contributed by atoms with Crippen molar-refractivity contribution in [1.29, 1.82) is 0 Å². The lowest BCUT2D eigenvalue weighted by Gasteiger charge is -2.14. The molecular formula is C29H24N2O3. The number of imidazole rings is 1. The molecule has 5 heteroatoms. The van der Waals surface area contributed by atoms with Crippen LogP contribution in [0.15, 0.2) is 91.0 Å². The number of nitrogens with zero attached hydrogens (tertiary/aromatic N) is 2. The summed E-state index contributed by atoms with van der Waals surface area (Å²) in [5.74, 6) is 0.219. The van der Waals surface area contributed by atoms with Gasteiger partial charge >= 0.3 is 5.97 Å². The van der Waals surface area contributed by atoms with E-state index in [4.69, 9.17) is 9.72 Å². The number of carbonyl (C=O) groups is 2. The number of hydrogen-bond donors (Lipinski definition) is 0. The number of aryl methyl sites for hydroxylation is 1. The fourth-order valence-electron chi connectivity index (χ4n) is 4.22. The first-order valence-electron chi connectivity index (χ1n) is 11.5. The second-order valence-corrected chi connectivity index (χ2v) is 8.21. The van der Waals surface area contributed by atoms with E-state index in [1.54, 1.807) is 47.0 Å². The first kappa shape index (κ1) is 21.6. The largest absolute Gasteiger partial charge is 0.422 e. The third kappa shape index (κ3) is 4.46. The quantitative estimate of drug-likeness (QED) is 0.286. The lowest BCUT2D eigenvalue weighted by molar-refractivity contribution is 0.0693. The van der Waals surface area contributed by atoms with E-state index in [1.807, 2.05) is 54.6 Å². The van der Waals surface area contributed by atoms with Crippen molar-refractivity contribution in [3.8, 4) is 0 Å². The van der Waals surface area contributed by atoms with Crippen molar-refractivity contribution in [2.75, 3.05) is 0 Å². The molecule has 0 saturated carbocycles. The highest BCUT2D eigenvalue weighted by molar-refractivity contribution is 5.99. The Kier molecular flexibility index (Phi) is 6.17. The summed E-state index contributed by atoms with van der Waals surface area (Å²) in [4.78, 5) is 31.3. The number of aromatic nitrogens is 2. The molecule has 0 bridgehead atoms. The monoisotopic (exact) mass is 448 g/mol. The predicted octanol–water partition coefficient (Wildman–Crippen LogP) is 5.81. The summed E-state index contributed by atoms with van der Waals surface area (Å²) in [5, 5.41) is 0. The summed E-state index contributed by atoms with van der Waals surface area (Å²) < 4.78 is 7.54. The molecule has 0 unspecified atom stereocenters. The first-order chi connectivity index (χ1) is 16.7. The van der Waals surface area contributed by atoms with E-state index < -0.39 is 5.97 Å². The van der Waals surface area contributed by atoms with Crippen LogP contribution in [0.5, 0.6) is 0 Å². The molecule has 1 heterocycles. The molecular weight excluding hydrogens is 424 g/mol. The van der Waals surface area contributed by atoms with Crippen LogP contribution < -0.4 is 0 Å². The zero-order valence-corrected chi connectivity index (χ0v) is 18.7. The van der Waals surface area contributed by atoms with Crippen molar-refractivity contribution in [2.45, 2.75) is 25.7 Å². The van der Waals surface area contributed by atoms with E-state index in [9.17, 15) is 9.59 Å². The van der Waals surface area contributed by atoms with Gasteiger partial charge in [0.05, 0.1) is 11.3 Å². The molecule has 4 aromatic rings. The molecule has 0 spiro atoms. The highest BCUT2D eigenvalue weighted by atomic mass is 16.5. The average molecular weight is 449 g/mol. The maximum atomic E-state index is 13.5. The van der Waals surface area contributed by atoms with Crippen molar-refractivity contribution in [3.05, 3.63) is 125 Å². The highest BCUT2D eigenvalue weighted by Gasteiger charge is 2.25. The number of ether oxygens (including phenoxy) is 1. The third-order valence-corrected chi connectivity index (χ3v) is 5.91. The van der Waals surface area contributed by atoms with Crippen LogP contribution in [0.4, 0.5) is 0 Å². The second-order valence-electron chi connectivity index (χ2n) is 8.21. The van der Waals surface area contributed by atoms with Crippen LogP contribution in [0.2, 0.25) is 0 Å². The van der Waals surface area contributed by atoms with Gasteiger partial charge in [-0.25, -0.2) is 9.78 Å². The zero-order chi connectivity index (χ0) is 23.3. The molecule has 1 aromatic heterocycles. The van der Waals surface area contributed by atoms with Gasteiger partial charge in [0.15, 0.2) is 0 Å². The lowest BCUT2D eigenvalue weighted by atomic mass is 10.0. The van der Waals surface area contributed by atoms with Gasteiger partial charge in [-0.15, -0.1) is 0 Å². The molecule has 168 valence electrons. The topological polar surface area (TPSA) is 61.2 Å². The van der Waals surface area contributed by atoms with E-state index in [0.717, 1.165) is 42.6 Å². The van der Waals surface area contributed by atoms with Gasteiger partial charge in [0.2, 0.25) is 0 Å². The predicted molar refractivity (Wildman–Crippen MR) is 131 cm³/mol. The molecule has 0 amide bonds. The third-order valence-electron chi connectivity index (χ3n) is 5.91. The normalized spacial score (nSPS) is 13.2. The molecule has 0 aliphatic heterocycles. The van der Waals surface area contributed by atoms with E-state index in [0.29, 0.717) is 22.7 Å². The number of benzene rings is 3. The number of rotatable bonds is 5. The Morgan fingerprint density at radius 2 is 1.29 bits per heavy atom. The Hall–Kier alpha value is -4.25. The molecule has 1 aliphatic carbocycles. The van der Waals surface area contributed by atoms with Gasteiger partial charge in [-0.2, -0.15) is 0 Å². The van der Waals surface area contributed by atoms with Gasteiger partial charge < -0.3 is 4.74 Å². The van der Waals surface area contributed by atoms with Gasteiger partial charge in [0.1, 0.15) is 11.6 Å². The molecule has 0 saturated heterocycles. The number of fused-ring (bicyclic) bond motifs is 1. The molecule has 0 radical (unpaired) electrons. The Balaban J connectivity index is 1.61. The van der Waals surface area contributed by atoms with E-state index in [2.05, 4.69) is 0 Å². The summed E-state index contributed by atoms with van der Waals surface area (Å²) in [6, 6.07) is 27.5. The standard InChI is InChI=1S/C29H24N2O3/c32-28(22-14-6-2-7-15-22)31-25-19-11-10-18-24(25)30-27(31)20-26(21-12-4-1-5-13-21)34-29(33)23-16-8-3-9-17-23/h1-9,12-17,20H,10-11,18-19H2. The summed E-state index contributed by atoms with van der Waals surface area (Å²) in [7, 11) is 0. The van der Waals surface area contributed by atoms with Crippen LogP contribution in [-0.4, -0.2) is 21.4 Å². The van der Waals surface area contributed by atoms with Gasteiger partial charge in [-0.05, 0) is 49.9 Å². The van der Waals surface area contributed by atoms with Crippen LogP contribution in [0.1, 0.15) is 56.3 Å². The van der Waals surface area contributed by atoms with E-state index >= 15 is 0 Å². The minimum Gasteiger partial charge on any atom is -0.422 e. The van der Waals surface area contributed by atoms with Gasteiger partial charge in [-0.1, -0.05) is 66.7 Å². The minimum absolute atomic E-state index is 0.135. The Bertz CT molecular complexity index is 1340. The minimum atomic E-state index is -0.465. The molecule has 34 heavy (non-hydrogen) atoms. The van der Waals surface area contributed by atoms with Crippen LogP contribution in [0, 0.1) is 0 Å². The number of carbonyl (C=O) groups excluding carboxylic acids is 2. The Labute approximate surface area is 198 Å². The maximum Gasteiger partial charge on any atom is 0.343 e. The molecule has 3 aromatic carbocycles. The van der Waals surface area contributed by atoms with Crippen LogP contribution in [-0.2, 0) is 17.6 Å². The van der Waals surface area contributed by atoms with E-state index in [-0.39, 0.29) is 5.91 Å². The van der Waals surface area contributed by atoms with Crippen LogP contribution in [0.3, 0.4) is 0 Å². The molecule has 1 aliphatic rings. The Morgan fingerprint density at radius 3 is 1.94 bits per heavy atom. The van der Waals surface area contributed by atoms with Crippen molar-refractivity contribution < 1.29 is 14.3 Å². The molecule has 0 atom stereocenters. The van der Waals surface area contributed by atoms with Crippen molar-refractivity contribution >= 4 is 23.7 Å². The maximum absolute atomic E-state index is 13.5. The summed E-state index contributed by atoms with van der Waals surface area (Å²) in [5.41, 5.74) is 3.64. The van der Waals surface area contributed by atoms with Gasteiger partial charge in [-0.3, -0.25) is 9.36 Å². The fraction of sp³-hybridized carbons (Fsp3) is 0.138. The fourth-order valence-corrected chi connectivity index (χ4v) is 4.22. The van der Waals surface area contributed by atoms with Crippen LogP contribution in [0.25, 0.3) is 11.8 Å². The highest BCUT2D eigenvalue weighted by Crippen LogP contribution is 2.27. The average Bonchev–Trinajstić information content (AvgIpc) is 3.27. The first-order valence-corrected chi connectivity index (χ1v) is 11.5. The lowest BCUT2D eigenvalue weighted by Crippen LogP contribution is -2.18. The van der Waals surface area contributed by atoms with Crippen molar-refractivity contribution in [2.24, 2.45) is 0 Å². The molecule has 5 nitrogen and oxygen atoms in total. The molecule has 0 N–H and O–H groups in total. The van der Waals surface area contributed by atoms with Crippen molar-refractivity contribution in [1.82, 2.24) is 9.55 Å². The summed E-state index contributed by atoms with van der Waals surface area (Å²) in [6.07, 6.45) is 5.38. The van der Waals surface area contributed by atoms with Crippen LogP contribution >= 0.6 is 0 Å². The van der Waals surface area contributed by atoms with E-state index in [1.165, 1.54) is 0 Å². The summed E-state index contributed by atoms with van der Waals surface area (Å²) in [6.45, 7) is 0. The van der Waals surface area contributed by atoms with Gasteiger partial charge in [0, 0.05) is 22.9 Å². The number of esters is 1. The number of hydrogen-bond acceptors (Lipinski definition) is 4. The smallest absolute Gasteiger partial charge is 0.343 e. The SMILES string of the molecule is O=C(OC(=Cc1nc2c(n1C(=O)c1ccccc1)CCCC2)c1ccccc1)c1ccccc1. The van der Waals surface area contributed by atoms with Crippen molar-refractivity contribution in [3.63, 3.8) is 0 Å². The molecule has 5 rings (SSSR count). The second kappa shape index (κ2) is 9.71. The molecule has 0 fully saturated rings. The summed E-state index contributed by atoms with van der Waals surface area (Å²) >= 11 is 0. The Morgan fingerprint density at radius 1 is 0.735 bits per heavy atom. The van der Waals surface area contributed by atoms with Gasteiger partial charge in [0.25, 0.3) is 5.91 Å².